The van der Waals surface area contributed by atoms with Gasteiger partial charge in [-0.3, -0.25) is 0 Å². The molecule has 0 aliphatic heterocycles. The zero-order chi connectivity index (χ0) is 13.8. The zero-order valence-corrected chi connectivity index (χ0v) is 12.1. The summed E-state index contributed by atoms with van der Waals surface area (Å²) < 4.78 is 5.74. The third-order valence-electron chi connectivity index (χ3n) is 4.45. The number of aromatic nitrogens is 1. The summed E-state index contributed by atoms with van der Waals surface area (Å²) in [6.45, 7) is 0. The summed E-state index contributed by atoms with van der Waals surface area (Å²) in [4.78, 5) is 4.50. The average Bonchev–Trinajstić information content (AvgIpc) is 2.88. The Balaban J connectivity index is 1.51. The van der Waals surface area contributed by atoms with Gasteiger partial charge in [0.05, 0.1) is 0 Å². The Morgan fingerprint density at radius 3 is 2.80 bits per heavy atom. The van der Waals surface area contributed by atoms with Crippen LogP contribution in [0.5, 0.6) is 0 Å². The predicted molar refractivity (Wildman–Crippen MR) is 81.5 cm³/mol. The second-order valence-corrected chi connectivity index (χ2v) is 6.12. The molecule has 1 unspecified atom stereocenters. The highest BCUT2D eigenvalue weighted by molar-refractivity contribution is 5.72. The lowest BCUT2D eigenvalue weighted by Crippen LogP contribution is -2.24. The van der Waals surface area contributed by atoms with Gasteiger partial charge in [-0.05, 0) is 30.9 Å². The minimum Gasteiger partial charge on any atom is -0.441 e. The highest BCUT2D eigenvalue weighted by atomic mass is 16.3. The molecule has 1 aliphatic carbocycles. The Morgan fingerprint density at radius 1 is 1.20 bits per heavy atom. The Labute approximate surface area is 120 Å². The van der Waals surface area contributed by atoms with E-state index in [9.17, 15) is 0 Å². The van der Waals surface area contributed by atoms with Crippen LogP contribution in [-0.2, 0) is 6.42 Å². The summed E-state index contributed by atoms with van der Waals surface area (Å²) in [6.07, 6.45) is 10.1. The quantitative estimate of drug-likeness (QED) is 0.893. The molecule has 3 heteroatoms. The number of nitrogens with two attached hydrogens (primary N) is 1. The van der Waals surface area contributed by atoms with Crippen LogP contribution in [0.25, 0.3) is 11.1 Å². The minimum absolute atomic E-state index is 0.171. The van der Waals surface area contributed by atoms with Crippen molar-refractivity contribution in [3.63, 3.8) is 0 Å². The van der Waals surface area contributed by atoms with Gasteiger partial charge in [0.1, 0.15) is 5.52 Å². The molecule has 20 heavy (non-hydrogen) atoms. The Bertz CT molecular complexity index is 510. The molecule has 0 bridgehead atoms. The molecule has 0 amide bonds. The Morgan fingerprint density at radius 2 is 2.00 bits per heavy atom. The van der Waals surface area contributed by atoms with Crippen LogP contribution in [0.15, 0.2) is 28.7 Å². The first-order chi connectivity index (χ1) is 9.81. The third-order valence-corrected chi connectivity index (χ3v) is 4.45. The average molecular weight is 272 g/mol. The van der Waals surface area contributed by atoms with Crippen molar-refractivity contribution < 1.29 is 4.42 Å². The first-order valence-corrected chi connectivity index (χ1v) is 7.91. The lowest BCUT2D eigenvalue weighted by molar-refractivity contribution is 0.320. The largest absolute Gasteiger partial charge is 0.441 e. The molecule has 1 fully saturated rings. The predicted octanol–water partition coefficient (Wildman–Crippen LogP) is 4.06. The number of rotatable bonds is 5. The molecule has 1 saturated carbocycles. The van der Waals surface area contributed by atoms with Crippen molar-refractivity contribution in [2.24, 2.45) is 11.7 Å². The fraction of sp³-hybridized carbons (Fsp3) is 0.588. The molecule has 108 valence electrons. The highest BCUT2D eigenvalue weighted by Crippen LogP contribution is 2.28. The maximum atomic E-state index is 6.24. The summed E-state index contributed by atoms with van der Waals surface area (Å²) in [6, 6.07) is 8.07. The van der Waals surface area contributed by atoms with E-state index >= 15 is 0 Å². The second-order valence-electron chi connectivity index (χ2n) is 6.12. The van der Waals surface area contributed by atoms with Gasteiger partial charge >= 0.3 is 0 Å². The van der Waals surface area contributed by atoms with Gasteiger partial charge in [0.25, 0.3) is 0 Å². The van der Waals surface area contributed by atoms with Crippen LogP contribution in [0.1, 0.15) is 50.8 Å². The summed E-state index contributed by atoms with van der Waals surface area (Å²) in [7, 11) is 0. The number of hydrogen-bond donors (Lipinski definition) is 1. The number of para-hydroxylation sites is 2. The van der Waals surface area contributed by atoms with Crippen molar-refractivity contribution in [3.8, 4) is 0 Å². The van der Waals surface area contributed by atoms with E-state index in [1.165, 1.54) is 38.5 Å². The van der Waals surface area contributed by atoms with Crippen LogP contribution in [0, 0.1) is 5.92 Å². The van der Waals surface area contributed by atoms with E-state index in [2.05, 4.69) is 4.98 Å². The summed E-state index contributed by atoms with van der Waals surface area (Å²) in [5, 5.41) is 0. The van der Waals surface area contributed by atoms with Crippen LogP contribution in [0.4, 0.5) is 0 Å². The maximum Gasteiger partial charge on any atom is 0.197 e. The number of fused-ring (bicyclic) bond motifs is 1. The van der Waals surface area contributed by atoms with Crippen molar-refractivity contribution in [1.29, 1.82) is 0 Å². The van der Waals surface area contributed by atoms with Gasteiger partial charge in [-0.25, -0.2) is 4.98 Å². The number of hydrogen-bond acceptors (Lipinski definition) is 3. The summed E-state index contributed by atoms with van der Waals surface area (Å²) >= 11 is 0. The van der Waals surface area contributed by atoms with Gasteiger partial charge in [0.15, 0.2) is 11.5 Å². The lowest BCUT2D eigenvalue weighted by atomic mass is 9.85. The van der Waals surface area contributed by atoms with Crippen LogP contribution >= 0.6 is 0 Å². The van der Waals surface area contributed by atoms with Crippen LogP contribution in [0.3, 0.4) is 0 Å². The molecule has 0 saturated heterocycles. The van der Waals surface area contributed by atoms with Gasteiger partial charge in [-0.1, -0.05) is 44.2 Å². The van der Waals surface area contributed by atoms with Crippen molar-refractivity contribution in [2.75, 3.05) is 0 Å². The van der Waals surface area contributed by atoms with Crippen LogP contribution in [0.2, 0.25) is 0 Å². The molecule has 0 radical (unpaired) electrons. The van der Waals surface area contributed by atoms with E-state index in [4.69, 9.17) is 10.2 Å². The minimum atomic E-state index is 0.171. The molecular formula is C17H24N2O. The molecule has 2 aromatic rings. The van der Waals surface area contributed by atoms with E-state index in [-0.39, 0.29) is 6.04 Å². The molecule has 1 atom stereocenters. The third kappa shape index (κ3) is 3.40. The maximum absolute atomic E-state index is 6.24. The normalized spacial score (nSPS) is 18.4. The van der Waals surface area contributed by atoms with Gasteiger partial charge in [-0.2, -0.15) is 0 Å². The van der Waals surface area contributed by atoms with Crippen molar-refractivity contribution in [2.45, 2.75) is 57.4 Å². The second kappa shape index (κ2) is 6.40. The smallest absolute Gasteiger partial charge is 0.197 e. The molecule has 2 N–H and O–H groups in total. The Kier molecular flexibility index (Phi) is 4.36. The van der Waals surface area contributed by atoms with Gasteiger partial charge in [0, 0.05) is 12.5 Å². The lowest BCUT2D eigenvalue weighted by Gasteiger charge is -2.22. The molecular weight excluding hydrogens is 248 g/mol. The van der Waals surface area contributed by atoms with E-state index in [0.717, 1.165) is 35.7 Å². The fourth-order valence-electron chi connectivity index (χ4n) is 3.26. The first-order valence-electron chi connectivity index (χ1n) is 7.91. The molecule has 1 heterocycles. The van der Waals surface area contributed by atoms with Crippen molar-refractivity contribution in [3.05, 3.63) is 30.2 Å². The molecule has 1 aromatic heterocycles. The zero-order valence-electron chi connectivity index (χ0n) is 12.1. The topological polar surface area (TPSA) is 52.0 Å². The number of oxazole rings is 1. The molecule has 0 spiro atoms. The molecule has 1 aromatic carbocycles. The molecule has 3 nitrogen and oxygen atoms in total. The van der Waals surface area contributed by atoms with E-state index in [0.29, 0.717) is 0 Å². The molecule has 1 aliphatic rings. The summed E-state index contributed by atoms with van der Waals surface area (Å²) in [5.41, 5.74) is 8.04. The van der Waals surface area contributed by atoms with Gasteiger partial charge < -0.3 is 10.2 Å². The van der Waals surface area contributed by atoms with Crippen LogP contribution < -0.4 is 5.73 Å². The van der Waals surface area contributed by atoms with E-state index in [1.807, 2.05) is 24.3 Å². The SMILES string of the molecule is NC(CCC1CCCCC1)Cc1nc2ccccc2o1. The first kappa shape index (κ1) is 13.6. The van der Waals surface area contributed by atoms with Gasteiger partial charge in [0.2, 0.25) is 0 Å². The fourth-order valence-corrected chi connectivity index (χ4v) is 3.26. The number of nitrogens with zero attached hydrogens (tertiary/aromatic N) is 1. The van der Waals surface area contributed by atoms with Crippen molar-refractivity contribution in [1.82, 2.24) is 4.98 Å². The van der Waals surface area contributed by atoms with Gasteiger partial charge in [-0.15, -0.1) is 0 Å². The van der Waals surface area contributed by atoms with Crippen molar-refractivity contribution >= 4 is 11.1 Å². The molecule has 3 rings (SSSR count). The highest BCUT2D eigenvalue weighted by Gasteiger charge is 2.16. The Hall–Kier alpha value is -1.35. The van der Waals surface area contributed by atoms with E-state index < -0.39 is 0 Å². The van der Waals surface area contributed by atoms with Crippen LogP contribution in [-0.4, -0.2) is 11.0 Å². The van der Waals surface area contributed by atoms with E-state index in [1.54, 1.807) is 0 Å². The monoisotopic (exact) mass is 272 g/mol. The number of benzene rings is 1. The standard InChI is InChI=1S/C17H24N2O/c18-14(11-10-13-6-2-1-3-7-13)12-17-19-15-8-4-5-9-16(15)20-17/h4-5,8-9,13-14H,1-3,6-7,10-12,18H2. The summed E-state index contributed by atoms with van der Waals surface area (Å²) in [5.74, 6) is 1.68.